The van der Waals surface area contributed by atoms with Crippen molar-refractivity contribution in [2.24, 2.45) is 5.73 Å². The molecule has 1 aliphatic rings. The molecule has 7 heteroatoms. The van der Waals surface area contributed by atoms with Crippen LogP contribution in [0.2, 0.25) is 0 Å². The molecule has 0 saturated carbocycles. The highest BCUT2D eigenvalue weighted by molar-refractivity contribution is 7.80. The summed E-state index contributed by atoms with van der Waals surface area (Å²) in [6.07, 6.45) is 3.35. The van der Waals surface area contributed by atoms with Crippen molar-refractivity contribution in [1.82, 2.24) is 9.97 Å². The summed E-state index contributed by atoms with van der Waals surface area (Å²) in [5.41, 5.74) is 6.01. The summed E-state index contributed by atoms with van der Waals surface area (Å²) in [5, 5.41) is 0. The summed E-state index contributed by atoms with van der Waals surface area (Å²) in [4.78, 5) is 10.8. The number of thiocarbonyl (C=S) groups is 1. The molecule has 2 unspecified atom stereocenters. The van der Waals surface area contributed by atoms with Crippen LogP contribution >= 0.6 is 12.2 Å². The van der Waals surface area contributed by atoms with E-state index in [2.05, 4.69) is 14.9 Å². The molecular formula is C11H16N4O2S. The van der Waals surface area contributed by atoms with E-state index in [4.69, 9.17) is 27.4 Å². The Balaban J connectivity index is 2.11. The maximum atomic E-state index is 5.48. The van der Waals surface area contributed by atoms with E-state index in [-0.39, 0.29) is 17.2 Å². The molecule has 2 N–H and O–H groups in total. The Kier molecular flexibility index (Phi) is 4.05. The molecule has 98 valence electrons. The first kappa shape index (κ1) is 13.1. The zero-order valence-electron chi connectivity index (χ0n) is 10.4. The van der Waals surface area contributed by atoms with Crippen molar-refractivity contribution in [2.75, 3.05) is 32.2 Å². The van der Waals surface area contributed by atoms with E-state index < -0.39 is 0 Å². The third-order valence-corrected chi connectivity index (χ3v) is 3.24. The van der Waals surface area contributed by atoms with Crippen LogP contribution in [0, 0.1) is 0 Å². The van der Waals surface area contributed by atoms with Gasteiger partial charge in [-0.1, -0.05) is 12.2 Å². The molecule has 1 fully saturated rings. The smallest absolute Gasteiger partial charge is 0.147 e. The van der Waals surface area contributed by atoms with Crippen molar-refractivity contribution in [3.63, 3.8) is 0 Å². The summed E-state index contributed by atoms with van der Waals surface area (Å²) in [5.74, 6) is 0.775. The molecule has 0 radical (unpaired) electrons. The van der Waals surface area contributed by atoms with Gasteiger partial charge < -0.3 is 20.1 Å². The van der Waals surface area contributed by atoms with Crippen molar-refractivity contribution in [1.29, 1.82) is 0 Å². The highest BCUT2D eigenvalue weighted by Gasteiger charge is 2.33. The van der Waals surface area contributed by atoms with Gasteiger partial charge in [0.25, 0.3) is 0 Å². The van der Waals surface area contributed by atoms with Gasteiger partial charge in [-0.3, -0.25) is 0 Å². The third-order valence-electron chi connectivity index (χ3n) is 3.04. The zero-order valence-corrected chi connectivity index (χ0v) is 11.2. The average molecular weight is 268 g/mol. The molecule has 1 saturated heterocycles. The SMILES string of the molecule is COC1CN(c2cnc(C(N)=S)cn2)CC1OC. The Labute approximate surface area is 111 Å². The Morgan fingerprint density at radius 1 is 1.28 bits per heavy atom. The molecule has 1 aliphatic heterocycles. The summed E-state index contributed by atoms with van der Waals surface area (Å²) >= 11 is 4.84. The Morgan fingerprint density at radius 2 is 1.89 bits per heavy atom. The summed E-state index contributed by atoms with van der Waals surface area (Å²) < 4.78 is 10.7. The Hall–Kier alpha value is -1.31. The van der Waals surface area contributed by atoms with E-state index in [0.29, 0.717) is 5.69 Å². The van der Waals surface area contributed by atoms with Crippen molar-refractivity contribution < 1.29 is 9.47 Å². The van der Waals surface area contributed by atoms with Crippen LogP contribution in [0.4, 0.5) is 5.82 Å². The van der Waals surface area contributed by atoms with Crippen molar-refractivity contribution in [2.45, 2.75) is 12.2 Å². The minimum Gasteiger partial charge on any atom is -0.388 e. The summed E-state index contributed by atoms with van der Waals surface area (Å²) in [6.45, 7) is 1.46. The second kappa shape index (κ2) is 5.55. The molecule has 2 heterocycles. The molecule has 1 aromatic heterocycles. The van der Waals surface area contributed by atoms with Crippen LogP contribution in [0.1, 0.15) is 5.69 Å². The van der Waals surface area contributed by atoms with Crippen LogP contribution in [0.25, 0.3) is 0 Å². The maximum Gasteiger partial charge on any atom is 0.147 e. The molecule has 2 atom stereocenters. The lowest BCUT2D eigenvalue weighted by Crippen LogP contribution is -2.27. The normalized spacial score (nSPS) is 23.3. The van der Waals surface area contributed by atoms with Crippen LogP contribution in [0.15, 0.2) is 12.4 Å². The lowest BCUT2D eigenvalue weighted by atomic mass is 10.3. The molecule has 0 amide bonds. The van der Waals surface area contributed by atoms with E-state index in [9.17, 15) is 0 Å². The number of ether oxygens (including phenoxy) is 2. The number of hydrogen-bond donors (Lipinski definition) is 1. The van der Waals surface area contributed by atoms with Crippen LogP contribution < -0.4 is 10.6 Å². The van der Waals surface area contributed by atoms with Crippen molar-refractivity contribution >= 4 is 23.0 Å². The third kappa shape index (κ3) is 2.58. The highest BCUT2D eigenvalue weighted by Crippen LogP contribution is 2.20. The second-order valence-electron chi connectivity index (χ2n) is 4.08. The van der Waals surface area contributed by atoms with E-state index in [0.717, 1.165) is 18.9 Å². The number of methoxy groups -OCH3 is 2. The molecule has 0 aromatic carbocycles. The first-order chi connectivity index (χ1) is 8.65. The van der Waals surface area contributed by atoms with Gasteiger partial charge in [-0.05, 0) is 0 Å². The fourth-order valence-corrected chi connectivity index (χ4v) is 2.10. The van der Waals surface area contributed by atoms with Crippen LogP contribution in [0.5, 0.6) is 0 Å². The first-order valence-corrected chi connectivity index (χ1v) is 5.99. The number of anilines is 1. The predicted octanol–water partition coefficient (Wildman–Crippen LogP) is -0.0392. The number of rotatable bonds is 4. The molecule has 0 bridgehead atoms. The van der Waals surface area contributed by atoms with Crippen LogP contribution in [0.3, 0.4) is 0 Å². The molecule has 1 aromatic rings. The van der Waals surface area contributed by atoms with Crippen molar-refractivity contribution in [3.8, 4) is 0 Å². The monoisotopic (exact) mass is 268 g/mol. The standard InChI is InChI=1S/C11H16N4O2S/c1-16-8-5-15(6-9(8)17-2)10-4-13-7(3-14-10)11(12)18/h3-4,8-9H,5-6H2,1-2H3,(H2,12,18). The fourth-order valence-electron chi connectivity index (χ4n) is 2.00. The number of nitrogens with zero attached hydrogens (tertiary/aromatic N) is 3. The van der Waals surface area contributed by atoms with Gasteiger partial charge in [-0.25, -0.2) is 9.97 Å². The Bertz CT molecular complexity index is 414. The van der Waals surface area contributed by atoms with E-state index in [1.54, 1.807) is 26.6 Å². The highest BCUT2D eigenvalue weighted by atomic mass is 32.1. The molecule has 6 nitrogen and oxygen atoms in total. The largest absolute Gasteiger partial charge is 0.388 e. The average Bonchev–Trinajstić information content (AvgIpc) is 2.82. The van der Waals surface area contributed by atoms with Crippen LogP contribution in [-0.4, -0.2) is 54.5 Å². The fraction of sp³-hybridized carbons (Fsp3) is 0.545. The summed E-state index contributed by atoms with van der Waals surface area (Å²) in [7, 11) is 3.36. The van der Waals surface area contributed by atoms with Gasteiger partial charge in [0.15, 0.2) is 0 Å². The molecule has 18 heavy (non-hydrogen) atoms. The summed E-state index contributed by atoms with van der Waals surface area (Å²) in [6, 6.07) is 0. The molecule has 0 spiro atoms. The van der Waals surface area contributed by atoms with Crippen molar-refractivity contribution in [3.05, 3.63) is 18.1 Å². The quantitative estimate of drug-likeness (QED) is 0.768. The molecule has 0 aliphatic carbocycles. The second-order valence-corrected chi connectivity index (χ2v) is 4.52. The lowest BCUT2D eigenvalue weighted by molar-refractivity contribution is -0.00461. The minimum atomic E-state index is 0.0482. The predicted molar refractivity (Wildman–Crippen MR) is 71.7 cm³/mol. The topological polar surface area (TPSA) is 73.5 Å². The van der Waals surface area contributed by atoms with Gasteiger partial charge in [0.1, 0.15) is 28.7 Å². The van der Waals surface area contributed by atoms with E-state index >= 15 is 0 Å². The van der Waals surface area contributed by atoms with Gasteiger partial charge in [-0.2, -0.15) is 0 Å². The van der Waals surface area contributed by atoms with Crippen LogP contribution in [-0.2, 0) is 9.47 Å². The van der Waals surface area contributed by atoms with E-state index in [1.807, 2.05) is 0 Å². The van der Waals surface area contributed by atoms with Gasteiger partial charge in [0.05, 0.1) is 12.4 Å². The van der Waals surface area contributed by atoms with Gasteiger partial charge in [0, 0.05) is 27.3 Å². The number of nitrogens with two attached hydrogens (primary N) is 1. The van der Waals surface area contributed by atoms with Gasteiger partial charge in [-0.15, -0.1) is 0 Å². The maximum absolute atomic E-state index is 5.48. The Morgan fingerprint density at radius 3 is 2.28 bits per heavy atom. The zero-order chi connectivity index (χ0) is 13.1. The van der Waals surface area contributed by atoms with E-state index in [1.165, 1.54) is 0 Å². The number of aromatic nitrogens is 2. The van der Waals surface area contributed by atoms with Gasteiger partial charge >= 0.3 is 0 Å². The number of hydrogen-bond acceptors (Lipinski definition) is 6. The molecular weight excluding hydrogens is 252 g/mol. The lowest BCUT2D eigenvalue weighted by Gasteiger charge is -2.16. The minimum absolute atomic E-state index is 0.0482. The first-order valence-electron chi connectivity index (χ1n) is 5.58. The van der Waals surface area contributed by atoms with Gasteiger partial charge in [0.2, 0.25) is 0 Å². The molecule has 2 rings (SSSR count).